The van der Waals surface area contributed by atoms with Crippen LogP contribution >= 0.6 is 0 Å². The van der Waals surface area contributed by atoms with Gasteiger partial charge in [-0.2, -0.15) is 15.4 Å². The molecule has 4 heteroatoms. The second-order valence-electron chi connectivity index (χ2n) is 6.98. The third-order valence-electron chi connectivity index (χ3n) is 5.08. The van der Waals surface area contributed by atoms with E-state index >= 15 is 0 Å². The van der Waals surface area contributed by atoms with Crippen molar-refractivity contribution in [3.8, 4) is 16.9 Å². The van der Waals surface area contributed by atoms with Crippen molar-refractivity contribution in [2.24, 2.45) is 0 Å². The van der Waals surface area contributed by atoms with Gasteiger partial charge in [-0.3, -0.25) is 0 Å². The number of rotatable bonds is 9. The lowest BCUT2D eigenvalue weighted by Crippen LogP contribution is -2.01. The molecule has 0 saturated carbocycles. The van der Waals surface area contributed by atoms with Crippen molar-refractivity contribution in [1.82, 2.24) is 15.4 Å². The van der Waals surface area contributed by atoms with E-state index in [1.54, 1.807) is 0 Å². The van der Waals surface area contributed by atoms with Crippen LogP contribution in [0, 0.1) is 0 Å². The Morgan fingerprint density at radius 2 is 1.42 bits per heavy atom. The number of aromatic amines is 1. The number of phenols is 1. The monoisotopic (exact) mass is 351 g/mol. The van der Waals surface area contributed by atoms with Gasteiger partial charge >= 0.3 is 0 Å². The number of hydrogen-bond donors (Lipinski definition) is 2. The first-order chi connectivity index (χ1) is 12.8. The predicted molar refractivity (Wildman–Crippen MR) is 107 cm³/mol. The molecule has 1 aromatic heterocycles. The van der Waals surface area contributed by atoms with E-state index in [1.165, 1.54) is 31.2 Å². The van der Waals surface area contributed by atoms with Crippen LogP contribution in [-0.4, -0.2) is 20.5 Å². The van der Waals surface area contributed by atoms with Gasteiger partial charge in [0.15, 0.2) is 5.52 Å². The molecule has 0 spiro atoms. The Balaban J connectivity index is 2.18. The minimum atomic E-state index is 0.316. The van der Waals surface area contributed by atoms with E-state index in [0.717, 1.165) is 47.9 Å². The van der Waals surface area contributed by atoms with Gasteiger partial charge in [-0.25, -0.2) is 0 Å². The first-order valence-corrected chi connectivity index (χ1v) is 9.90. The number of nitrogens with one attached hydrogen (secondary N) is 1. The smallest absolute Gasteiger partial charge is 0.155 e. The molecule has 2 aromatic carbocycles. The highest BCUT2D eigenvalue weighted by atomic mass is 16.3. The van der Waals surface area contributed by atoms with Gasteiger partial charge in [0.2, 0.25) is 0 Å². The summed E-state index contributed by atoms with van der Waals surface area (Å²) < 4.78 is 0. The summed E-state index contributed by atoms with van der Waals surface area (Å²) >= 11 is 0. The first-order valence-electron chi connectivity index (χ1n) is 9.90. The second-order valence-corrected chi connectivity index (χ2v) is 6.98. The molecule has 0 saturated heterocycles. The van der Waals surface area contributed by atoms with Crippen LogP contribution in [0.1, 0.15) is 63.5 Å². The number of H-pyrrole nitrogens is 1. The quantitative estimate of drug-likeness (QED) is 0.479. The van der Waals surface area contributed by atoms with Crippen molar-refractivity contribution < 1.29 is 5.11 Å². The summed E-state index contributed by atoms with van der Waals surface area (Å²) in [6, 6.07) is 10.4. The fraction of sp³-hybridized carbons (Fsp3) is 0.455. The third kappa shape index (κ3) is 3.74. The minimum Gasteiger partial charge on any atom is -0.505 e. The van der Waals surface area contributed by atoms with Crippen LogP contribution in [-0.2, 0) is 12.8 Å². The third-order valence-corrected chi connectivity index (χ3v) is 5.08. The summed E-state index contributed by atoms with van der Waals surface area (Å²) in [6.45, 7) is 4.43. The Kier molecular flexibility index (Phi) is 6.26. The number of hydrogen-bond acceptors (Lipinski definition) is 3. The summed E-state index contributed by atoms with van der Waals surface area (Å²) in [5.74, 6) is 0.316. The largest absolute Gasteiger partial charge is 0.505 e. The van der Waals surface area contributed by atoms with Crippen LogP contribution in [0.15, 0.2) is 30.3 Å². The van der Waals surface area contributed by atoms with Gasteiger partial charge in [0.05, 0.1) is 0 Å². The molecule has 1 heterocycles. The highest BCUT2D eigenvalue weighted by Gasteiger charge is 2.22. The lowest BCUT2D eigenvalue weighted by atomic mass is 9.87. The van der Waals surface area contributed by atoms with Crippen LogP contribution in [0.4, 0.5) is 0 Å². The summed E-state index contributed by atoms with van der Waals surface area (Å²) in [6.07, 6.45) is 8.79. The molecule has 0 aliphatic carbocycles. The van der Waals surface area contributed by atoms with Crippen molar-refractivity contribution >= 4 is 11.0 Å². The van der Waals surface area contributed by atoms with Gasteiger partial charge in [0.25, 0.3) is 0 Å². The van der Waals surface area contributed by atoms with Crippen LogP contribution in [0.5, 0.6) is 5.75 Å². The van der Waals surface area contributed by atoms with Crippen LogP contribution in [0.2, 0.25) is 0 Å². The molecule has 0 fully saturated rings. The van der Waals surface area contributed by atoms with Gasteiger partial charge in [0.1, 0.15) is 11.3 Å². The summed E-state index contributed by atoms with van der Waals surface area (Å²) in [5.41, 5.74) is 5.97. The molecule has 0 bridgehead atoms. The fourth-order valence-corrected chi connectivity index (χ4v) is 3.71. The van der Waals surface area contributed by atoms with E-state index in [9.17, 15) is 5.11 Å². The molecule has 0 radical (unpaired) electrons. The van der Waals surface area contributed by atoms with Crippen LogP contribution in [0.25, 0.3) is 22.2 Å². The van der Waals surface area contributed by atoms with Crippen LogP contribution < -0.4 is 0 Å². The second kappa shape index (κ2) is 8.84. The SMILES string of the molecule is CCCCCc1c(CCCCC)c(-c2ccccc2)c2n[nH]nc2c1O. The van der Waals surface area contributed by atoms with Gasteiger partial charge in [0, 0.05) is 11.1 Å². The zero-order valence-corrected chi connectivity index (χ0v) is 15.9. The van der Waals surface area contributed by atoms with E-state index in [4.69, 9.17) is 0 Å². The lowest BCUT2D eigenvalue weighted by Gasteiger charge is -2.18. The molecule has 0 unspecified atom stereocenters. The summed E-state index contributed by atoms with van der Waals surface area (Å²) in [5, 5.41) is 22.3. The first kappa shape index (κ1) is 18.4. The Morgan fingerprint density at radius 3 is 2.08 bits per heavy atom. The molecule has 3 aromatic rings. The number of nitrogens with zero attached hydrogens (tertiary/aromatic N) is 2. The van der Waals surface area contributed by atoms with Gasteiger partial charge in [-0.05, 0) is 36.8 Å². The number of aromatic hydroxyl groups is 1. The normalized spacial score (nSPS) is 11.3. The Labute approximate surface area is 155 Å². The van der Waals surface area contributed by atoms with Crippen molar-refractivity contribution in [3.63, 3.8) is 0 Å². The molecular weight excluding hydrogens is 322 g/mol. The molecule has 0 aliphatic heterocycles. The molecule has 0 aliphatic rings. The molecule has 0 atom stereocenters. The maximum atomic E-state index is 10.9. The number of unbranched alkanes of at least 4 members (excludes halogenated alkanes) is 4. The molecule has 26 heavy (non-hydrogen) atoms. The van der Waals surface area contributed by atoms with E-state index in [-0.39, 0.29) is 0 Å². The molecule has 3 rings (SSSR count). The van der Waals surface area contributed by atoms with Crippen LogP contribution in [0.3, 0.4) is 0 Å². The topological polar surface area (TPSA) is 61.8 Å². The average Bonchev–Trinajstić information content (AvgIpc) is 3.15. The minimum absolute atomic E-state index is 0.316. The van der Waals surface area contributed by atoms with Gasteiger partial charge < -0.3 is 5.11 Å². The number of benzene rings is 2. The van der Waals surface area contributed by atoms with E-state index in [1.807, 2.05) is 6.07 Å². The Bertz CT molecular complexity index is 839. The molecule has 138 valence electrons. The predicted octanol–water partition coefficient (Wildman–Crippen LogP) is 5.80. The highest BCUT2D eigenvalue weighted by molar-refractivity contribution is 5.98. The van der Waals surface area contributed by atoms with Gasteiger partial charge in [-0.15, -0.1) is 0 Å². The average molecular weight is 351 g/mol. The fourth-order valence-electron chi connectivity index (χ4n) is 3.71. The highest BCUT2D eigenvalue weighted by Crippen LogP contribution is 2.40. The van der Waals surface area contributed by atoms with Gasteiger partial charge in [-0.1, -0.05) is 69.9 Å². The van der Waals surface area contributed by atoms with E-state index in [0.29, 0.717) is 11.3 Å². The van der Waals surface area contributed by atoms with Crippen molar-refractivity contribution in [1.29, 1.82) is 0 Å². The summed E-state index contributed by atoms with van der Waals surface area (Å²) in [4.78, 5) is 0. The molecule has 0 amide bonds. The zero-order chi connectivity index (χ0) is 18.4. The van der Waals surface area contributed by atoms with E-state index in [2.05, 4.69) is 53.5 Å². The zero-order valence-electron chi connectivity index (χ0n) is 15.9. The summed E-state index contributed by atoms with van der Waals surface area (Å²) in [7, 11) is 0. The number of fused-ring (bicyclic) bond motifs is 1. The standard InChI is InChI=1S/C22H29N3O/c1-3-5-8-14-17-18(15-9-6-4-2)22(26)21-20(23-25-24-21)19(17)16-12-10-7-11-13-16/h7,10-13,26H,3-6,8-9,14-15H2,1-2H3,(H,23,24,25). The van der Waals surface area contributed by atoms with E-state index < -0.39 is 0 Å². The number of phenolic OH excluding ortho intramolecular Hbond substituents is 1. The van der Waals surface area contributed by atoms with Crippen molar-refractivity contribution in [2.75, 3.05) is 0 Å². The maximum Gasteiger partial charge on any atom is 0.155 e. The van der Waals surface area contributed by atoms with Crippen molar-refractivity contribution in [3.05, 3.63) is 41.5 Å². The molecule has 4 nitrogen and oxygen atoms in total. The Hall–Kier alpha value is -2.36. The van der Waals surface area contributed by atoms with Crippen molar-refractivity contribution in [2.45, 2.75) is 65.2 Å². The molecule has 2 N–H and O–H groups in total. The Morgan fingerprint density at radius 1 is 0.808 bits per heavy atom. The number of aromatic nitrogens is 3. The molecular formula is C22H29N3O. The lowest BCUT2D eigenvalue weighted by molar-refractivity contribution is 0.470. The maximum absolute atomic E-state index is 10.9.